The summed E-state index contributed by atoms with van der Waals surface area (Å²) in [7, 11) is 0. The Hall–Kier alpha value is -0.150. The molecule has 0 aromatic heterocycles. The minimum atomic E-state index is -1.04. The quantitative estimate of drug-likeness (QED) is 0.426. The van der Waals surface area contributed by atoms with Crippen molar-refractivity contribution in [3.8, 4) is 0 Å². The molecule has 7 heavy (non-hydrogen) atoms. The summed E-state index contributed by atoms with van der Waals surface area (Å²) in [5.41, 5.74) is 0. The smallest absolute Gasteiger partial charge is 0.139 e. The van der Waals surface area contributed by atoms with Crippen LogP contribution in [0.3, 0.4) is 0 Å². The Labute approximate surface area is 41.3 Å². The number of rotatable bonds is 0. The summed E-state index contributed by atoms with van der Waals surface area (Å²) in [4.78, 5) is 0. The van der Waals surface area contributed by atoms with Crippen LogP contribution >= 0.6 is 0 Å². The van der Waals surface area contributed by atoms with Gasteiger partial charge < -0.3 is 10.4 Å². The molecule has 2 N–H and O–H groups in total. The van der Waals surface area contributed by atoms with Gasteiger partial charge >= 0.3 is 0 Å². The molecule has 0 saturated carbocycles. The van der Waals surface area contributed by atoms with Gasteiger partial charge in [-0.2, -0.15) is 0 Å². The fourth-order valence-electron chi connectivity index (χ4n) is 0.633. The number of halogens is 1. The van der Waals surface area contributed by atoms with Crippen LogP contribution in [0.15, 0.2) is 0 Å². The standard InChI is InChI=1S/C4H8FNO/c5-3-1-6-2-4(3)7/h3-4,6-7H,1-2H2/t3-,4?/m0/s1. The molecule has 1 fully saturated rings. The van der Waals surface area contributed by atoms with E-state index in [4.69, 9.17) is 5.11 Å². The van der Waals surface area contributed by atoms with Crippen molar-refractivity contribution in [2.24, 2.45) is 0 Å². The Morgan fingerprint density at radius 2 is 2.29 bits per heavy atom. The van der Waals surface area contributed by atoms with Gasteiger partial charge in [-0.15, -0.1) is 0 Å². The van der Waals surface area contributed by atoms with Crippen LogP contribution in [0.25, 0.3) is 0 Å². The van der Waals surface area contributed by atoms with Gasteiger partial charge in [-0.25, -0.2) is 4.39 Å². The molecule has 1 saturated heterocycles. The molecule has 2 nitrogen and oxygen atoms in total. The Morgan fingerprint density at radius 1 is 1.57 bits per heavy atom. The zero-order valence-electron chi connectivity index (χ0n) is 3.89. The second kappa shape index (κ2) is 1.76. The van der Waals surface area contributed by atoms with Crippen LogP contribution in [0.4, 0.5) is 4.39 Å². The Kier molecular flexibility index (Phi) is 1.25. The lowest BCUT2D eigenvalue weighted by Gasteiger charge is -1.98. The van der Waals surface area contributed by atoms with Gasteiger partial charge in [-0.1, -0.05) is 0 Å². The first-order chi connectivity index (χ1) is 3.30. The maximum Gasteiger partial charge on any atom is 0.139 e. The van der Waals surface area contributed by atoms with Crippen molar-refractivity contribution in [3.05, 3.63) is 0 Å². The monoisotopic (exact) mass is 105 g/mol. The molecule has 1 aliphatic rings. The van der Waals surface area contributed by atoms with E-state index in [-0.39, 0.29) is 0 Å². The van der Waals surface area contributed by atoms with E-state index in [1.165, 1.54) is 0 Å². The van der Waals surface area contributed by atoms with Crippen molar-refractivity contribution >= 4 is 0 Å². The second-order valence-electron chi connectivity index (χ2n) is 1.74. The van der Waals surface area contributed by atoms with Crippen LogP contribution in [0, 0.1) is 0 Å². The maximum absolute atomic E-state index is 12.0. The normalized spacial score (nSPS) is 42.0. The summed E-state index contributed by atoms with van der Waals surface area (Å²) in [6, 6.07) is 0. The highest BCUT2D eigenvalue weighted by Gasteiger charge is 2.23. The summed E-state index contributed by atoms with van der Waals surface area (Å²) >= 11 is 0. The zero-order valence-corrected chi connectivity index (χ0v) is 3.89. The molecule has 0 aliphatic carbocycles. The fraction of sp³-hybridized carbons (Fsp3) is 1.00. The Morgan fingerprint density at radius 3 is 2.43 bits per heavy atom. The number of nitrogens with one attached hydrogen (secondary N) is 1. The van der Waals surface area contributed by atoms with Crippen LogP contribution in [0.1, 0.15) is 0 Å². The van der Waals surface area contributed by atoms with E-state index in [1.807, 2.05) is 0 Å². The van der Waals surface area contributed by atoms with Gasteiger partial charge in [0.1, 0.15) is 6.17 Å². The van der Waals surface area contributed by atoms with Gasteiger partial charge in [0.25, 0.3) is 0 Å². The first kappa shape index (κ1) is 5.00. The van der Waals surface area contributed by atoms with Crippen LogP contribution < -0.4 is 5.32 Å². The SMILES string of the molecule is OC1CNC[C@@H]1F. The molecule has 1 aliphatic heterocycles. The Balaban J connectivity index is 2.33. The lowest BCUT2D eigenvalue weighted by atomic mass is 10.3. The molecular weight excluding hydrogens is 97.0 g/mol. The lowest BCUT2D eigenvalue weighted by molar-refractivity contribution is 0.118. The van der Waals surface area contributed by atoms with Gasteiger partial charge in [-0.05, 0) is 0 Å². The van der Waals surface area contributed by atoms with Gasteiger partial charge in [0.2, 0.25) is 0 Å². The fourth-order valence-corrected chi connectivity index (χ4v) is 0.633. The summed E-state index contributed by atoms with van der Waals surface area (Å²) in [5.74, 6) is 0. The van der Waals surface area contributed by atoms with Gasteiger partial charge in [0.15, 0.2) is 0 Å². The zero-order chi connectivity index (χ0) is 5.28. The number of hydrogen-bond donors (Lipinski definition) is 2. The number of β-amino-alcohol motifs (C(OH)–C–C–N with tert-alkyl or cyclic N) is 1. The predicted molar refractivity (Wildman–Crippen MR) is 23.8 cm³/mol. The molecule has 0 bridgehead atoms. The molecule has 2 atom stereocenters. The van der Waals surface area contributed by atoms with E-state index >= 15 is 0 Å². The van der Waals surface area contributed by atoms with Gasteiger partial charge in [0, 0.05) is 13.1 Å². The van der Waals surface area contributed by atoms with Crippen molar-refractivity contribution in [1.29, 1.82) is 0 Å². The molecule has 0 amide bonds. The molecule has 0 aromatic carbocycles. The Bertz CT molecular complexity index is 60.7. The van der Waals surface area contributed by atoms with E-state index in [9.17, 15) is 4.39 Å². The average Bonchev–Trinajstić information content (AvgIpc) is 1.91. The molecule has 1 heterocycles. The highest BCUT2D eigenvalue weighted by atomic mass is 19.1. The molecule has 1 unspecified atom stereocenters. The van der Waals surface area contributed by atoms with E-state index in [0.717, 1.165) is 0 Å². The predicted octanol–water partition coefficient (Wildman–Crippen LogP) is -0.711. The molecule has 42 valence electrons. The van der Waals surface area contributed by atoms with E-state index < -0.39 is 12.3 Å². The number of aliphatic hydroxyl groups excluding tert-OH is 1. The van der Waals surface area contributed by atoms with Crippen molar-refractivity contribution < 1.29 is 9.50 Å². The third-order valence-electron chi connectivity index (χ3n) is 1.11. The number of hydrogen-bond acceptors (Lipinski definition) is 2. The largest absolute Gasteiger partial charge is 0.389 e. The second-order valence-corrected chi connectivity index (χ2v) is 1.74. The molecule has 3 heteroatoms. The first-order valence-electron chi connectivity index (χ1n) is 2.33. The summed E-state index contributed by atoms with van der Waals surface area (Å²) < 4.78 is 12.0. The van der Waals surface area contributed by atoms with Crippen LogP contribution in [0.5, 0.6) is 0 Å². The first-order valence-corrected chi connectivity index (χ1v) is 2.33. The molecule has 0 spiro atoms. The van der Waals surface area contributed by atoms with Crippen molar-refractivity contribution in [1.82, 2.24) is 5.32 Å². The van der Waals surface area contributed by atoms with Crippen LogP contribution in [-0.2, 0) is 0 Å². The topological polar surface area (TPSA) is 32.3 Å². The highest BCUT2D eigenvalue weighted by molar-refractivity contribution is 4.79. The van der Waals surface area contributed by atoms with E-state index in [0.29, 0.717) is 13.1 Å². The summed E-state index contributed by atoms with van der Waals surface area (Å²) in [6.45, 7) is 0.711. The third kappa shape index (κ3) is 0.894. The van der Waals surface area contributed by atoms with Gasteiger partial charge in [0.05, 0.1) is 6.10 Å². The highest BCUT2D eigenvalue weighted by Crippen LogP contribution is 2.01. The molecular formula is C4H8FNO. The minimum Gasteiger partial charge on any atom is -0.389 e. The molecule has 0 radical (unpaired) electrons. The van der Waals surface area contributed by atoms with Gasteiger partial charge in [-0.3, -0.25) is 0 Å². The van der Waals surface area contributed by atoms with Crippen molar-refractivity contribution in [2.75, 3.05) is 13.1 Å². The van der Waals surface area contributed by atoms with Crippen LogP contribution in [-0.4, -0.2) is 30.5 Å². The molecule has 1 rings (SSSR count). The van der Waals surface area contributed by atoms with E-state index in [1.54, 1.807) is 0 Å². The van der Waals surface area contributed by atoms with E-state index in [2.05, 4.69) is 5.32 Å². The summed E-state index contributed by atoms with van der Waals surface area (Å²) in [6.07, 6.45) is -1.81. The lowest BCUT2D eigenvalue weighted by Crippen LogP contribution is -2.17. The van der Waals surface area contributed by atoms with Crippen molar-refractivity contribution in [2.45, 2.75) is 12.3 Å². The molecule has 0 aromatic rings. The summed E-state index contributed by atoms with van der Waals surface area (Å²) in [5, 5.41) is 11.3. The van der Waals surface area contributed by atoms with Crippen LogP contribution in [0.2, 0.25) is 0 Å². The van der Waals surface area contributed by atoms with Crippen molar-refractivity contribution in [3.63, 3.8) is 0 Å². The number of alkyl halides is 1. The minimum absolute atomic E-state index is 0.307. The maximum atomic E-state index is 12.0. The average molecular weight is 105 g/mol. The number of aliphatic hydroxyl groups is 1. The third-order valence-corrected chi connectivity index (χ3v) is 1.11.